The number of hydrogen-bond donors (Lipinski definition) is 3. The van der Waals surface area contributed by atoms with Crippen molar-refractivity contribution in [1.82, 2.24) is 4.57 Å². The van der Waals surface area contributed by atoms with E-state index >= 15 is 0 Å². The number of ether oxygens (including phenoxy) is 2. The molecule has 0 aliphatic rings. The predicted octanol–water partition coefficient (Wildman–Crippen LogP) is 4.85. The number of nitrogens with two attached hydrogens (primary N) is 1. The molecule has 1 aromatic heterocycles. The second kappa shape index (κ2) is 16.4. The minimum absolute atomic E-state index is 0.0835. The van der Waals surface area contributed by atoms with E-state index in [1.165, 1.54) is 25.2 Å². The molecule has 1 heterocycles. The summed E-state index contributed by atoms with van der Waals surface area (Å²) in [5.41, 5.74) is 11.6. The van der Waals surface area contributed by atoms with Crippen molar-refractivity contribution in [1.29, 1.82) is 0 Å². The van der Waals surface area contributed by atoms with Crippen molar-refractivity contribution in [2.45, 2.75) is 54.4 Å². The van der Waals surface area contributed by atoms with Crippen LogP contribution in [-0.4, -0.2) is 51.5 Å². The van der Waals surface area contributed by atoms with Gasteiger partial charge in [0.1, 0.15) is 23.1 Å². The maximum atomic E-state index is 10.5. The van der Waals surface area contributed by atoms with E-state index in [1.54, 1.807) is 24.3 Å². The van der Waals surface area contributed by atoms with Gasteiger partial charge in [0.2, 0.25) is 0 Å². The first-order valence-corrected chi connectivity index (χ1v) is 12.5. The van der Waals surface area contributed by atoms with E-state index in [1.807, 2.05) is 26.0 Å². The summed E-state index contributed by atoms with van der Waals surface area (Å²) in [4.78, 5) is 41.0. The Morgan fingerprint density at radius 3 is 1.50 bits per heavy atom. The number of nitrogens with zero attached hydrogens (tertiary/aromatic N) is 1. The van der Waals surface area contributed by atoms with Gasteiger partial charge in [-0.15, -0.1) is 0 Å². The number of nitrogen functional groups attached to an aromatic ring is 1. The smallest absolute Gasteiger partial charge is 0.341 e. The Hall–Kier alpha value is -4.60. The number of carbonyl (C=O) groups excluding carboxylic acids is 2. The number of anilines is 1. The van der Waals surface area contributed by atoms with Gasteiger partial charge in [-0.05, 0) is 101 Å². The molecule has 3 rings (SSSR count). The Bertz CT molecular complexity index is 1290. The maximum Gasteiger partial charge on any atom is 0.341 e. The van der Waals surface area contributed by atoms with Crippen LogP contribution in [0.4, 0.5) is 5.69 Å². The van der Waals surface area contributed by atoms with Crippen LogP contribution in [0.25, 0.3) is 5.69 Å². The van der Waals surface area contributed by atoms with Crippen LogP contribution in [-0.2, 0) is 19.2 Å². The molecule has 0 radical (unpaired) electrons. The molecule has 0 aliphatic heterocycles. The van der Waals surface area contributed by atoms with E-state index in [4.69, 9.17) is 25.4 Å². The van der Waals surface area contributed by atoms with Gasteiger partial charge in [0.15, 0.2) is 13.2 Å². The molecule has 0 saturated carbocycles. The van der Waals surface area contributed by atoms with Crippen LogP contribution in [0.3, 0.4) is 0 Å². The Morgan fingerprint density at radius 2 is 1.12 bits per heavy atom. The number of carboxylic acids is 2. The number of carbonyl (C=O) groups is 4. The molecule has 0 spiro atoms. The number of benzene rings is 2. The van der Waals surface area contributed by atoms with Crippen LogP contribution < -0.4 is 15.2 Å². The third kappa shape index (κ3) is 12.3. The Balaban J connectivity index is 0.000000331. The molecule has 0 atom stereocenters. The molecule has 0 aliphatic carbocycles. The summed E-state index contributed by atoms with van der Waals surface area (Å²) in [5, 5.41) is 16.9. The highest BCUT2D eigenvalue weighted by Crippen LogP contribution is 2.24. The Labute approximate surface area is 234 Å². The number of aliphatic carboxylic acids is 2. The molecule has 0 saturated heterocycles. The van der Waals surface area contributed by atoms with Crippen LogP contribution in [0.2, 0.25) is 0 Å². The SMILES string of the molecule is CC(=O)CCC(C)=O.Cc1cc(OCC(=O)O)ccc1-n1c(C)ccc1C.Cc1cc(OCC(=O)O)ccc1N. The normalized spacial score (nSPS) is 9.85. The molecule has 40 heavy (non-hydrogen) atoms. The highest BCUT2D eigenvalue weighted by atomic mass is 16.5. The summed E-state index contributed by atoms with van der Waals surface area (Å²) in [7, 11) is 0. The lowest BCUT2D eigenvalue weighted by molar-refractivity contribution is -0.140. The minimum atomic E-state index is -0.991. The molecule has 4 N–H and O–H groups in total. The second-order valence-electron chi connectivity index (χ2n) is 9.19. The lowest BCUT2D eigenvalue weighted by Gasteiger charge is -2.14. The molecular weight excluding hydrogens is 516 g/mol. The predicted molar refractivity (Wildman–Crippen MR) is 152 cm³/mol. The molecule has 10 heteroatoms. The molecule has 216 valence electrons. The Kier molecular flexibility index (Phi) is 13.7. The summed E-state index contributed by atoms with van der Waals surface area (Å²) in [6.45, 7) is 10.3. The fourth-order valence-electron chi connectivity index (χ4n) is 3.40. The van der Waals surface area contributed by atoms with E-state index in [2.05, 4.69) is 30.5 Å². The van der Waals surface area contributed by atoms with Crippen molar-refractivity contribution in [3.63, 3.8) is 0 Å². The maximum absolute atomic E-state index is 10.5. The first kappa shape index (κ1) is 33.4. The number of aromatic nitrogens is 1. The third-order valence-electron chi connectivity index (χ3n) is 5.48. The van der Waals surface area contributed by atoms with Crippen molar-refractivity contribution in [3.05, 3.63) is 71.0 Å². The topological polar surface area (TPSA) is 158 Å². The van der Waals surface area contributed by atoms with Gasteiger partial charge < -0.3 is 39.6 Å². The van der Waals surface area contributed by atoms with Crippen LogP contribution in [0.5, 0.6) is 11.5 Å². The highest BCUT2D eigenvalue weighted by molar-refractivity contribution is 5.83. The van der Waals surface area contributed by atoms with Crippen molar-refractivity contribution < 1.29 is 38.9 Å². The van der Waals surface area contributed by atoms with Gasteiger partial charge in [0.25, 0.3) is 0 Å². The van der Waals surface area contributed by atoms with Gasteiger partial charge in [-0.2, -0.15) is 0 Å². The van der Waals surface area contributed by atoms with E-state index in [-0.39, 0.29) is 24.8 Å². The first-order chi connectivity index (χ1) is 18.7. The fourth-order valence-corrected chi connectivity index (χ4v) is 3.40. The van der Waals surface area contributed by atoms with Crippen LogP contribution in [0, 0.1) is 27.7 Å². The zero-order valence-corrected chi connectivity index (χ0v) is 23.8. The van der Waals surface area contributed by atoms with E-state index in [9.17, 15) is 19.2 Å². The van der Waals surface area contributed by atoms with E-state index < -0.39 is 11.9 Å². The number of Topliss-reactive ketones (excluding diaryl/α,β-unsaturated/α-hetero) is 2. The molecule has 10 nitrogen and oxygen atoms in total. The number of aryl methyl sites for hydroxylation is 4. The third-order valence-corrected chi connectivity index (χ3v) is 5.48. The van der Waals surface area contributed by atoms with E-state index in [0.29, 0.717) is 30.0 Å². The van der Waals surface area contributed by atoms with E-state index in [0.717, 1.165) is 16.8 Å². The summed E-state index contributed by atoms with van der Waals surface area (Å²) < 4.78 is 12.3. The van der Waals surface area contributed by atoms with Crippen molar-refractivity contribution in [3.8, 4) is 17.2 Å². The largest absolute Gasteiger partial charge is 0.482 e. The molecule has 2 aromatic carbocycles. The average Bonchev–Trinajstić information content (AvgIpc) is 3.20. The number of hydrogen-bond acceptors (Lipinski definition) is 7. The Morgan fingerprint density at radius 1 is 0.700 bits per heavy atom. The summed E-state index contributed by atoms with van der Waals surface area (Å²) >= 11 is 0. The van der Waals surface area contributed by atoms with Gasteiger partial charge in [-0.3, -0.25) is 0 Å². The molecule has 0 fully saturated rings. The zero-order chi connectivity index (χ0) is 30.4. The average molecular weight is 555 g/mol. The van der Waals surface area contributed by atoms with Crippen molar-refractivity contribution >= 4 is 29.2 Å². The summed E-state index contributed by atoms with van der Waals surface area (Å²) in [6, 6.07) is 14.8. The summed E-state index contributed by atoms with van der Waals surface area (Å²) in [6.07, 6.45) is 0.796. The number of rotatable bonds is 10. The highest BCUT2D eigenvalue weighted by Gasteiger charge is 2.08. The lowest BCUT2D eigenvalue weighted by Crippen LogP contribution is -2.09. The fraction of sp³-hybridized carbons (Fsp3) is 0.333. The monoisotopic (exact) mass is 554 g/mol. The van der Waals surface area contributed by atoms with Gasteiger partial charge in [-0.25, -0.2) is 9.59 Å². The zero-order valence-electron chi connectivity index (χ0n) is 23.8. The first-order valence-electron chi connectivity index (χ1n) is 12.5. The van der Waals surface area contributed by atoms with Crippen LogP contribution >= 0.6 is 0 Å². The van der Waals surface area contributed by atoms with Gasteiger partial charge in [-0.1, -0.05) is 0 Å². The van der Waals surface area contributed by atoms with Gasteiger partial charge in [0.05, 0.1) is 0 Å². The number of ketones is 2. The molecular formula is C30H38N2O8. The molecule has 0 unspecified atom stereocenters. The van der Waals surface area contributed by atoms with Crippen molar-refractivity contribution in [2.24, 2.45) is 0 Å². The van der Waals surface area contributed by atoms with Crippen molar-refractivity contribution in [2.75, 3.05) is 18.9 Å². The lowest BCUT2D eigenvalue weighted by atomic mass is 10.2. The van der Waals surface area contributed by atoms with Crippen LogP contribution in [0.1, 0.15) is 49.2 Å². The van der Waals surface area contributed by atoms with Gasteiger partial charge in [0, 0.05) is 35.6 Å². The van der Waals surface area contributed by atoms with Crippen LogP contribution in [0.15, 0.2) is 48.5 Å². The number of carboxylic acid groups (broad SMARTS) is 2. The quantitative estimate of drug-likeness (QED) is 0.298. The molecule has 0 bridgehead atoms. The molecule has 0 amide bonds. The second-order valence-corrected chi connectivity index (χ2v) is 9.19. The minimum Gasteiger partial charge on any atom is -0.482 e. The van der Waals surface area contributed by atoms with Gasteiger partial charge >= 0.3 is 11.9 Å². The molecule has 3 aromatic rings. The summed E-state index contributed by atoms with van der Waals surface area (Å²) in [5.74, 6) is -0.700. The standard InChI is InChI=1S/C15H17NO3.C9H11NO3.C6H10O2/c1-10-8-13(19-9-15(17)18)6-7-14(10)16-11(2)4-5-12(16)3;1-6-4-7(2-3-8(6)10)13-5-9(11)12;1-5(7)3-4-6(2)8/h4-8H,9H2,1-3H3,(H,17,18);2-4H,5,10H2,1H3,(H,11,12);3-4H2,1-2H3.